The smallest absolute Gasteiger partial charge is 0.264 e. The summed E-state index contributed by atoms with van der Waals surface area (Å²) >= 11 is 12.5. The molecule has 3 aromatic carbocycles. The Morgan fingerprint density at radius 3 is 2.25 bits per heavy atom. The molecule has 2 amide bonds. The summed E-state index contributed by atoms with van der Waals surface area (Å²) in [5.41, 5.74) is 0.835. The van der Waals surface area contributed by atoms with E-state index in [1.165, 1.54) is 17.0 Å². The maximum Gasteiger partial charge on any atom is 0.264 e. The molecule has 0 saturated heterocycles. The van der Waals surface area contributed by atoms with E-state index in [0.717, 1.165) is 10.7 Å². The molecule has 0 heterocycles. The van der Waals surface area contributed by atoms with Crippen molar-refractivity contribution in [3.8, 4) is 5.75 Å². The van der Waals surface area contributed by atoms with Crippen molar-refractivity contribution in [2.24, 2.45) is 0 Å². The Balaban J connectivity index is 2.03. The number of halogens is 2. The van der Waals surface area contributed by atoms with Crippen LogP contribution in [0.2, 0.25) is 10.0 Å². The molecule has 0 aliphatic heterocycles. The molecule has 3 rings (SSSR count). The average molecular weight is 607 g/mol. The molecule has 0 aliphatic carbocycles. The molecule has 0 aromatic heterocycles. The predicted molar refractivity (Wildman–Crippen MR) is 158 cm³/mol. The lowest BCUT2D eigenvalue weighted by molar-refractivity contribution is -0.139. The zero-order valence-corrected chi connectivity index (χ0v) is 25.0. The number of hydrogen-bond donors (Lipinski definition) is 1. The highest BCUT2D eigenvalue weighted by molar-refractivity contribution is 7.92. The molecule has 1 atom stereocenters. The highest BCUT2D eigenvalue weighted by atomic mass is 35.5. The molecular formula is C29H33Cl2N3O5S. The Morgan fingerprint density at radius 2 is 1.65 bits per heavy atom. The Kier molecular flexibility index (Phi) is 11.2. The summed E-state index contributed by atoms with van der Waals surface area (Å²) in [6, 6.07) is 18.3. The fraction of sp³-hybridized carbons (Fsp3) is 0.310. The molecule has 0 fully saturated rings. The molecule has 214 valence electrons. The van der Waals surface area contributed by atoms with Crippen molar-refractivity contribution in [3.63, 3.8) is 0 Å². The number of nitrogens with one attached hydrogen (secondary N) is 1. The van der Waals surface area contributed by atoms with Gasteiger partial charge in [-0.3, -0.25) is 13.9 Å². The van der Waals surface area contributed by atoms with Crippen molar-refractivity contribution >= 4 is 50.7 Å². The minimum atomic E-state index is -4.15. The van der Waals surface area contributed by atoms with Crippen LogP contribution in [0.4, 0.5) is 5.69 Å². The van der Waals surface area contributed by atoms with Gasteiger partial charge >= 0.3 is 0 Å². The summed E-state index contributed by atoms with van der Waals surface area (Å²) < 4.78 is 34.1. The van der Waals surface area contributed by atoms with Gasteiger partial charge in [0.1, 0.15) is 18.3 Å². The minimum Gasteiger partial charge on any atom is -0.494 e. The molecule has 0 radical (unpaired) electrons. The first-order chi connectivity index (χ1) is 19.1. The van der Waals surface area contributed by atoms with Crippen molar-refractivity contribution in [1.82, 2.24) is 10.2 Å². The topological polar surface area (TPSA) is 96.0 Å². The summed E-state index contributed by atoms with van der Waals surface area (Å²) in [6.07, 6.45) is 0.719. The van der Waals surface area contributed by atoms with Crippen molar-refractivity contribution in [2.45, 2.75) is 44.7 Å². The van der Waals surface area contributed by atoms with Crippen LogP contribution in [0.25, 0.3) is 0 Å². The molecule has 8 nitrogen and oxygen atoms in total. The number of anilines is 1. The van der Waals surface area contributed by atoms with Crippen LogP contribution in [0.15, 0.2) is 77.7 Å². The van der Waals surface area contributed by atoms with Crippen LogP contribution in [0.3, 0.4) is 0 Å². The third kappa shape index (κ3) is 7.90. The Labute approximate surface area is 245 Å². The molecular weight excluding hydrogens is 573 g/mol. The van der Waals surface area contributed by atoms with E-state index in [0.29, 0.717) is 34.5 Å². The molecule has 0 aliphatic rings. The van der Waals surface area contributed by atoms with Crippen LogP contribution in [0.1, 0.15) is 32.8 Å². The van der Waals surface area contributed by atoms with Gasteiger partial charge < -0.3 is 15.0 Å². The fourth-order valence-corrected chi connectivity index (χ4v) is 5.84. The van der Waals surface area contributed by atoms with Gasteiger partial charge in [-0.05, 0) is 74.4 Å². The lowest BCUT2D eigenvalue weighted by Gasteiger charge is -2.32. The SMILES string of the molecule is CCCNC(=O)[C@@H](C)N(Cc1ccc(Cl)cc1Cl)C(=O)CN(c1ccc(OCC)cc1)S(=O)(=O)c1ccccc1. The lowest BCUT2D eigenvalue weighted by atomic mass is 10.1. The number of carbonyl (C=O) groups excluding carboxylic acids is 2. The van der Waals surface area contributed by atoms with E-state index in [-0.39, 0.29) is 23.0 Å². The Bertz CT molecular complexity index is 1400. The van der Waals surface area contributed by atoms with Gasteiger partial charge in [0.25, 0.3) is 10.0 Å². The molecule has 0 bridgehead atoms. The predicted octanol–water partition coefficient (Wildman–Crippen LogP) is 5.53. The van der Waals surface area contributed by atoms with Crippen molar-refractivity contribution in [2.75, 3.05) is 24.0 Å². The molecule has 3 aromatic rings. The van der Waals surface area contributed by atoms with Gasteiger partial charge in [-0.2, -0.15) is 0 Å². The summed E-state index contributed by atoms with van der Waals surface area (Å²) in [5.74, 6) is -0.382. The maximum absolute atomic E-state index is 13.9. The molecule has 1 N–H and O–H groups in total. The Morgan fingerprint density at radius 1 is 0.975 bits per heavy atom. The number of rotatable bonds is 13. The first kappa shape index (κ1) is 31.3. The zero-order valence-electron chi connectivity index (χ0n) is 22.6. The number of sulfonamides is 1. The zero-order chi connectivity index (χ0) is 29.3. The number of nitrogens with zero attached hydrogens (tertiary/aromatic N) is 2. The molecule has 0 saturated carbocycles. The van der Waals surface area contributed by atoms with E-state index in [1.807, 2.05) is 13.8 Å². The Hall–Kier alpha value is -3.27. The van der Waals surface area contributed by atoms with Gasteiger partial charge in [0.15, 0.2) is 0 Å². The summed E-state index contributed by atoms with van der Waals surface area (Å²) in [6.45, 7) is 5.67. The van der Waals surface area contributed by atoms with E-state index < -0.39 is 28.5 Å². The van der Waals surface area contributed by atoms with Crippen LogP contribution in [0, 0.1) is 0 Å². The fourth-order valence-electron chi connectivity index (χ4n) is 3.94. The normalized spacial score (nSPS) is 11.9. The van der Waals surface area contributed by atoms with Gasteiger partial charge in [-0.25, -0.2) is 8.42 Å². The first-order valence-corrected chi connectivity index (χ1v) is 15.1. The van der Waals surface area contributed by atoms with E-state index >= 15 is 0 Å². The standard InChI is InChI=1S/C29H33Cl2N3O5S/c1-4-17-32-29(36)21(3)33(19-22-11-12-23(30)18-27(22)31)28(35)20-34(24-13-15-25(16-14-24)39-5-2)40(37,38)26-9-7-6-8-10-26/h6-16,18,21H,4-5,17,19-20H2,1-3H3,(H,32,36)/t21-/m1/s1. The van der Waals surface area contributed by atoms with Crippen LogP contribution < -0.4 is 14.4 Å². The summed E-state index contributed by atoms with van der Waals surface area (Å²) in [4.78, 5) is 28.2. The number of hydrogen-bond acceptors (Lipinski definition) is 5. The highest BCUT2D eigenvalue weighted by Crippen LogP contribution is 2.27. The molecule has 0 unspecified atom stereocenters. The van der Waals surface area contributed by atoms with Crippen molar-refractivity contribution in [3.05, 3.63) is 88.4 Å². The van der Waals surface area contributed by atoms with Gasteiger partial charge in [-0.15, -0.1) is 0 Å². The highest BCUT2D eigenvalue weighted by Gasteiger charge is 2.32. The number of amides is 2. The van der Waals surface area contributed by atoms with E-state index in [1.54, 1.807) is 67.6 Å². The summed E-state index contributed by atoms with van der Waals surface area (Å²) in [7, 11) is -4.15. The molecule has 0 spiro atoms. The quantitative estimate of drug-likeness (QED) is 0.276. The van der Waals surface area contributed by atoms with Crippen LogP contribution in [0.5, 0.6) is 5.75 Å². The van der Waals surface area contributed by atoms with Gasteiger partial charge in [0, 0.05) is 23.1 Å². The van der Waals surface area contributed by atoms with Crippen LogP contribution in [-0.2, 0) is 26.2 Å². The second-order valence-electron chi connectivity index (χ2n) is 8.98. The van der Waals surface area contributed by atoms with Crippen molar-refractivity contribution < 1.29 is 22.7 Å². The number of ether oxygens (including phenoxy) is 1. The maximum atomic E-state index is 13.9. The third-order valence-corrected chi connectivity index (χ3v) is 8.49. The third-order valence-electron chi connectivity index (χ3n) is 6.12. The number of carbonyl (C=O) groups is 2. The average Bonchev–Trinajstić information content (AvgIpc) is 2.95. The van der Waals surface area contributed by atoms with E-state index in [2.05, 4.69) is 5.32 Å². The molecule has 11 heteroatoms. The molecule has 40 heavy (non-hydrogen) atoms. The van der Waals surface area contributed by atoms with Gasteiger partial charge in [0.05, 0.1) is 17.2 Å². The minimum absolute atomic E-state index is 0.0257. The first-order valence-electron chi connectivity index (χ1n) is 12.9. The largest absolute Gasteiger partial charge is 0.494 e. The van der Waals surface area contributed by atoms with Crippen LogP contribution >= 0.6 is 23.2 Å². The monoisotopic (exact) mass is 605 g/mol. The summed E-state index contributed by atoms with van der Waals surface area (Å²) in [5, 5.41) is 3.56. The van der Waals surface area contributed by atoms with Crippen LogP contribution in [-0.4, -0.2) is 50.9 Å². The second-order valence-corrected chi connectivity index (χ2v) is 11.7. The number of benzene rings is 3. The second kappa shape index (κ2) is 14.4. The van der Waals surface area contributed by atoms with E-state index in [9.17, 15) is 18.0 Å². The lowest BCUT2D eigenvalue weighted by Crippen LogP contribution is -2.51. The van der Waals surface area contributed by atoms with Crippen molar-refractivity contribution in [1.29, 1.82) is 0 Å². The van der Waals surface area contributed by atoms with Gasteiger partial charge in [-0.1, -0.05) is 54.4 Å². The van der Waals surface area contributed by atoms with Gasteiger partial charge in [0.2, 0.25) is 11.8 Å². The van der Waals surface area contributed by atoms with E-state index in [4.69, 9.17) is 27.9 Å².